The molecule has 14 heavy (non-hydrogen) atoms. The molecule has 0 aromatic carbocycles. The molecule has 0 amide bonds. The van der Waals surface area contributed by atoms with Crippen LogP contribution < -0.4 is 5.32 Å². The largest absolute Gasteiger partial charge is 0.472 e. The van der Waals surface area contributed by atoms with E-state index in [1.807, 2.05) is 18.2 Å². The predicted octanol–water partition coefficient (Wildman–Crippen LogP) is 2.77. The molecule has 1 N–H and O–H groups in total. The van der Waals surface area contributed by atoms with E-state index in [9.17, 15) is 0 Å². The summed E-state index contributed by atoms with van der Waals surface area (Å²) in [6, 6.07) is 5.86. The molecule has 3 heteroatoms. The van der Waals surface area contributed by atoms with Crippen LogP contribution in [0.3, 0.4) is 0 Å². The number of aromatic nitrogens is 1. The second kappa shape index (κ2) is 3.96. The monoisotopic (exact) mass is 188 g/mol. The molecule has 2 aromatic rings. The van der Waals surface area contributed by atoms with Crippen molar-refractivity contribution in [3.8, 4) is 11.3 Å². The first-order chi connectivity index (χ1) is 6.90. The van der Waals surface area contributed by atoms with E-state index in [-0.39, 0.29) is 0 Å². The minimum absolute atomic E-state index is 0.912. The molecule has 0 aliphatic heterocycles. The van der Waals surface area contributed by atoms with Gasteiger partial charge in [-0.25, -0.2) is 0 Å². The SMILES string of the molecule is CCNc1ccnc(-c2ccoc2)c1. The molecule has 0 saturated carbocycles. The summed E-state index contributed by atoms with van der Waals surface area (Å²) in [5.41, 5.74) is 3.01. The Bertz CT molecular complexity index is 395. The quantitative estimate of drug-likeness (QED) is 0.804. The van der Waals surface area contributed by atoms with E-state index in [0.29, 0.717) is 0 Å². The van der Waals surface area contributed by atoms with Gasteiger partial charge in [0.05, 0.1) is 18.2 Å². The molecule has 0 spiro atoms. The highest BCUT2D eigenvalue weighted by atomic mass is 16.3. The van der Waals surface area contributed by atoms with E-state index >= 15 is 0 Å². The van der Waals surface area contributed by atoms with Gasteiger partial charge in [-0.2, -0.15) is 0 Å². The van der Waals surface area contributed by atoms with Crippen LogP contribution in [-0.4, -0.2) is 11.5 Å². The Labute approximate surface area is 82.8 Å². The summed E-state index contributed by atoms with van der Waals surface area (Å²) in [6.07, 6.45) is 5.13. The molecule has 0 bridgehead atoms. The Balaban J connectivity index is 2.31. The standard InChI is InChI=1S/C11H12N2O/c1-2-12-10-3-5-13-11(7-10)9-4-6-14-8-9/h3-8H,2H2,1H3,(H,12,13). The van der Waals surface area contributed by atoms with E-state index in [0.717, 1.165) is 23.5 Å². The number of hydrogen-bond donors (Lipinski definition) is 1. The zero-order valence-corrected chi connectivity index (χ0v) is 8.03. The van der Waals surface area contributed by atoms with Crippen molar-refractivity contribution in [1.29, 1.82) is 0 Å². The summed E-state index contributed by atoms with van der Waals surface area (Å²) < 4.78 is 5.01. The first kappa shape index (κ1) is 8.81. The molecule has 0 aliphatic rings. The summed E-state index contributed by atoms with van der Waals surface area (Å²) in [4.78, 5) is 4.26. The van der Waals surface area contributed by atoms with Crippen molar-refractivity contribution >= 4 is 5.69 Å². The van der Waals surface area contributed by atoms with Gasteiger partial charge in [0.1, 0.15) is 0 Å². The van der Waals surface area contributed by atoms with Crippen LogP contribution in [0.15, 0.2) is 41.3 Å². The number of nitrogens with one attached hydrogen (secondary N) is 1. The summed E-state index contributed by atoms with van der Waals surface area (Å²) in [7, 11) is 0. The lowest BCUT2D eigenvalue weighted by atomic mass is 10.2. The Hall–Kier alpha value is -1.77. The Kier molecular flexibility index (Phi) is 2.49. The van der Waals surface area contributed by atoms with Crippen LogP contribution in [-0.2, 0) is 0 Å². The Morgan fingerprint density at radius 2 is 2.36 bits per heavy atom. The van der Waals surface area contributed by atoms with E-state index in [1.54, 1.807) is 18.7 Å². The van der Waals surface area contributed by atoms with Crippen molar-refractivity contribution in [1.82, 2.24) is 4.98 Å². The van der Waals surface area contributed by atoms with E-state index in [1.165, 1.54) is 0 Å². The Morgan fingerprint density at radius 3 is 3.07 bits per heavy atom. The first-order valence-corrected chi connectivity index (χ1v) is 4.62. The van der Waals surface area contributed by atoms with Gasteiger partial charge < -0.3 is 9.73 Å². The highest BCUT2D eigenvalue weighted by Crippen LogP contribution is 2.19. The van der Waals surface area contributed by atoms with Gasteiger partial charge in [-0.1, -0.05) is 0 Å². The van der Waals surface area contributed by atoms with Gasteiger partial charge in [-0.05, 0) is 25.1 Å². The van der Waals surface area contributed by atoms with E-state index in [2.05, 4.69) is 17.2 Å². The fourth-order valence-corrected chi connectivity index (χ4v) is 1.31. The van der Waals surface area contributed by atoms with Gasteiger partial charge in [0.15, 0.2) is 0 Å². The molecule has 2 rings (SSSR count). The zero-order valence-electron chi connectivity index (χ0n) is 8.03. The molecule has 2 heterocycles. The molecular formula is C11H12N2O. The van der Waals surface area contributed by atoms with Gasteiger partial charge in [0, 0.05) is 24.0 Å². The third-order valence-electron chi connectivity index (χ3n) is 1.96. The Morgan fingerprint density at radius 1 is 1.43 bits per heavy atom. The van der Waals surface area contributed by atoms with Gasteiger partial charge in [0.25, 0.3) is 0 Å². The van der Waals surface area contributed by atoms with Gasteiger partial charge in [-0.15, -0.1) is 0 Å². The smallest absolute Gasteiger partial charge is 0.0996 e. The van der Waals surface area contributed by atoms with E-state index in [4.69, 9.17) is 4.42 Å². The van der Waals surface area contributed by atoms with Gasteiger partial charge in [-0.3, -0.25) is 4.98 Å². The maximum absolute atomic E-state index is 5.01. The second-order valence-electron chi connectivity index (χ2n) is 2.97. The molecule has 2 aromatic heterocycles. The zero-order chi connectivity index (χ0) is 9.80. The number of furan rings is 1. The average Bonchev–Trinajstić information content (AvgIpc) is 2.71. The molecule has 0 aliphatic carbocycles. The number of pyridine rings is 1. The van der Waals surface area contributed by atoms with Crippen molar-refractivity contribution in [3.05, 3.63) is 36.9 Å². The van der Waals surface area contributed by atoms with Crippen LogP contribution in [0.25, 0.3) is 11.3 Å². The van der Waals surface area contributed by atoms with Crippen molar-refractivity contribution in [2.75, 3.05) is 11.9 Å². The van der Waals surface area contributed by atoms with Gasteiger partial charge in [0.2, 0.25) is 0 Å². The molecule has 0 unspecified atom stereocenters. The van der Waals surface area contributed by atoms with Gasteiger partial charge >= 0.3 is 0 Å². The van der Waals surface area contributed by atoms with Crippen LogP contribution in [0.4, 0.5) is 5.69 Å². The number of hydrogen-bond acceptors (Lipinski definition) is 3. The van der Waals surface area contributed by atoms with Crippen LogP contribution in [0.2, 0.25) is 0 Å². The summed E-state index contributed by atoms with van der Waals surface area (Å²) in [5.74, 6) is 0. The maximum atomic E-state index is 5.01. The van der Waals surface area contributed by atoms with Crippen molar-refractivity contribution in [3.63, 3.8) is 0 Å². The predicted molar refractivity (Wildman–Crippen MR) is 56.1 cm³/mol. The summed E-state index contributed by atoms with van der Waals surface area (Å²) >= 11 is 0. The molecule has 0 saturated heterocycles. The number of anilines is 1. The fraction of sp³-hybridized carbons (Fsp3) is 0.182. The first-order valence-electron chi connectivity index (χ1n) is 4.62. The van der Waals surface area contributed by atoms with Crippen LogP contribution in [0.1, 0.15) is 6.92 Å². The number of nitrogens with zero attached hydrogens (tertiary/aromatic N) is 1. The lowest BCUT2D eigenvalue weighted by Gasteiger charge is -2.03. The van der Waals surface area contributed by atoms with Crippen molar-refractivity contribution < 1.29 is 4.42 Å². The summed E-state index contributed by atoms with van der Waals surface area (Å²) in [5, 5.41) is 3.24. The third kappa shape index (κ3) is 1.76. The third-order valence-corrected chi connectivity index (χ3v) is 1.96. The second-order valence-corrected chi connectivity index (χ2v) is 2.97. The lowest BCUT2D eigenvalue weighted by Crippen LogP contribution is -1.96. The topological polar surface area (TPSA) is 38.1 Å². The fourth-order valence-electron chi connectivity index (χ4n) is 1.31. The summed E-state index contributed by atoms with van der Waals surface area (Å²) in [6.45, 7) is 2.98. The molecule has 3 nitrogen and oxygen atoms in total. The minimum atomic E-state index is 0.912. The highest BCUT2D eigenvalue weighted by molar-refractivity contribution is 5.62. The normalized spacial score (nSPS) is 10.1. The lowest BCUT2D eigenvalue weighted by molar-refractivity contribution is 0.568. The minimum Gasteiger partial charge on any atom is -0.472 e. The molecule has 72 valence electrons. The van der Waals surface area contributed by atoms with Crippen LogP contribution in [0, 0.1) is 0 Å². The van der Waals surface area contributed by atoms with Crippen LogP contribution >= 0.6 is 0 Å². The van der Waals surface area contributed by atoms with E-state index < -0.39 is 0 Å². The average molecular weight is 188 g/mol. The van der Waals surface area contributed by atoms with Crippen molar-refractivity contribution in [2.45, 2.75) is 6.92 Å². The molecular weight excluding hydrogens is 176 g/mol. The van der Waals surface area contributed by atoms with Crippen LogP contribution in [0.5, 0.6) is 0 Å². The molecule has 0 radical (unpaired) electrons. The van der Waals surface area contributed by atoms with Crippen molar-refractivity contribution in [2.24, 2.45) is 0 Å². The highest BCUT2D eigenvalue weighted by Gasteiger charge is 2.00. The molecule has 0 atom stereocenters. The number of rotatable bonds is 3. The maximum Gasteiger partial charge on any atom is 0.0996 e. The molecule has 0 fully saturated rings.